The van der Waals surface area contributed by atoms with Gasteiger partial charge in [-0.05, 0) is 12.1 Å². The van der Waals surface area contributed by atoms with Gasteiger partial charge in [0.15, 0.2) is 0 Å². The molecule has 0 saturated carbocycles. The van der Waals surface area contributed by atoms with Gasteiger partial charge in [-0.2, -0.15) is 0 Å². The van der Waals surface area contributed by atoms with E-state index in [-0.39, 0.29) is 13.3 Å². The summed E-state index contributed by atoms with van der Waals surface area (Å²) in [5.41, 5.74) is 1.75. The van der Waals surface area contributed by atoms with Crippen molar-refractivity contribution in [2.45, 2.75) is 13.2 Å². The Bertz CT molecular complexity index is 437. The van der Waals surface area contributed by atoms with Crippen LogP contribution in [0.1, 0.15) is 5.82 Å². The number of benzene rings is 1. The highest BCUT2D eigenvalue weighted by Gasteiger charge is 2.07. The summed E-state index contributed by atoms with van der Waals surface area (Å²) < 4.78 is 1.70. The van der Waals surface area contributed by atoms with Crippen molar-refractivity contribution in [1.82, 2.24) is 9.55 Å². The minimum absolute atomic E-state index is 0.0450. The second-order valence-corrected chi connectivity index (χ2v) is 3.06. The van der Waals surface area contributed by atoms with E-state index in [9.17, 15) is 5.11 Å². The predicted molar refractivity (Wildman–Crippen MR) is 52.7 cm³/mol. The van der Waals surface area contributed by atoms with Crippen molar-refractivity contribution in [3.63, 3.8) is 0 Å². The van der Waals surface area contributed by atoms with E-state index in [0.717, 1.165) is 16.9 Å². The molecule has 0 unspecified atom stereocenters. The maximum absolute atomic E-state index is 9.17. The van der Waals surface area contributed by atoms with E-state index < -0.39 is 0 Å². The van der Waals surface area contributed by atoms with Gasteiger partial charge >= 0.3 is 0 Å². The molecule has 2 aromatic rings. The Morgan fingerprint density at radius 1 is 1.21 bits per heavy atom. The molecule has 0 spiro atoms. The maximum atomic E-state index is 9.17. The van der Waals surface area contributed by atoms with Gasteiger partial charge in [0.1, 0.15) is 12.6 Å². The first-order chi connectivity index (χ1) is 6.86. The molecule has 0 atom stereocenters. The Morgan fingerprint density at radius 3 is 2.71 bits per heavy atom. The number of rotatable bonds is 3. The summed E-state index contributed by atoms with van der Waals surface area (Å²) in [7, 11) is 0. The van der Waals surface area contributed by atoms with E-state index in [1.54, 1.807) is 4.57 Å². The number of aromatic nitrogens is 2. The highest BCUT2D eigenvalue weighted by molar-refractivity contribution is 5.75. The second kappa shape index (κ2) is 3.77. The molecule has 14 heavy (non-hydrogen) atoms. The molecule has 0 radical (unpaired) electrons. The number of imidazole rings is 1. The average molecular weight is 192 g/mol. The van der Waals surface area contributed by atoms with Gasteiger partial charge in [-0.25, -0.2) is 4.98 Å². The summed E-state index contributed by atoms with van der Waals surface area (Å²) in [5, 5.41) is 18.0. The smallest absolute Gasteiger partial charge is 0.121 e. The quantitative estimate of drug-likeness (QED) is 0.745. The standard InChI is InChI=1S/C10H12N2O2/c13-6-5-10-11-8-3-1-2-4-9(8)12(10)7-14/h1-4,13-14H,5-7H2. The lowest BCUT2D eigenvalue weighted by Crippen LogP contribution is -2.05. The first-order valence-corrected chi connectivity index (χ1v) is 4.52. The number of hydrogen-bond acceptors (Lipinski definition) is 3. The van der Waals surface area contributed by atoms with Crippen LogP contribution in [0.5, 0.6) is 0 Å². The zero-order chi connectivity index (χ0) is 9.97. The summed E-state index contributed by atoms with van der Waals surface area (Å²) in [6.45, 7) is -0.0564. The van der Waals surface area contributed by atoms with Crippen molar-refractivity contribution in [2.75, 3.05) is 6.61 Å². The van der Waals surface area contributed by atoms with Crippen molar-refractivity contribution in [1.29, 1.82) is 0 Å². The van der Waals surface area contributed by atoms with Gasteiger partial charge in [0, 0.05) is 6.42 Å². The van der Waals surface area contributed by atoms with E-state index in [0.29, 0.717) is 6.42 Å². The van der Waals surface area contributed by atoms with Crippen molar-refractivity contribution >= 4 is 11.0 Å². The van der Waals surface area contributed by atoms with Crippen molar-refractivity contribution in [2.24, 2.45) is 0 Å². The molecule has 1 aromatic heterocycles. The molecule has 4 nitrogen and oxygen atoms in total. The van der Waals surface area contributed by atoms with Crippen LogP contribution in [-0.4, -0.2) is 26.4 Å². The van der Waals surface area contributed by atoms with Gasteiger partial charge in [0.05, 0.1) is 17.6 Å². The van der Waals surface area contributed by atoms with E-state index in [1.807, 2.05) is 24.3 Å². The predicted octanol–water partition coefficient (Wildman–Crippen LogP) is 0.521. The summed E-state index contributed by atoms with van der Waals surface area (Å²) in [6, 6.07) is 7.60. The largest absolute Gasteiger partial charge is 0.396 e. The third kappa shape index (κ3) is 1.38. The SMILES string of the molecule is OCCc1nc2ccccc2n1CO. The first-order valence-electron chi connectivity index (χ1n) is 4.52. The fourth-order valence-electron chi connectivity index (χ4n) is 1.57. The molecule has 0 amide bonds. The lowest BCUT2D eigenvalue weighted by molar-refractivity contribution is 0.207. The molecule has 0 saturated heterocycles. The highest BCUT2D eigenvalue weighted by atomic mass is 16.3. The van der Waals surface area contributed by atoms with Crippen LogP contribution in [-0.2, 0) is 13.2 Å². The van der Waals surface area contributed by atoms with Gasteiger partial charge in [-0.3, -0.25) is 0 Å². The number of para-hydroxylation sites is 2. The molecule has 2 N–H and O–H groups in total. The third-order valence-electron chi connectivity index (χ3n) is 2.21. The van der Waals surface area contributed by atoms with Crippen LogP contribution in [0.3, 0.4) is 0 Å². The summed E-state index contributed by atoms with van der Waals surface area (Å²) in [6.07, 6.45) is 0.468. The molecule has 4 heteroatoms. The average Bonchev–Trinajstić information content (AvgIpc) is 2.55. The molecule has 0 aliphatic carbocycles. The number of hydrogen-bond donors (Lipinski definition) is 2. The van der Waals surface area contributed by atoms with Gasteiger partial charge in [0.2, 0.25) is 0 Å². The lowest BCUT2D eigenvalue weighted by atomic mass is 10.3. The minimum atomic E-state index is -0.101. The molecule has 0 aliphatic heterocycles. The van der Waals surface area contributed by atoms with Crippen molar-refractivity contribution in [3.05, 3.63) is 30.1 Å². The lowest BCUT2D eigenvalue weighted by Gasteiger charge is -2.02. The molecule has 0 aliphatic rings. The van der Waals surface area contributed by atoms with Crippen LogP contribution >= 0.6 is 0 Å². The Kier molecular flexibility index (Phi) is 2.47. The Morgan fingerprint density at radius 2 is 2.00 bits per heavy atom. The topological polar surface area (TPSA) is 58.3 Å². The van der Waals surface area contributed by atoms with Crippen LogP contribution in [0, 0.1) is 0 Å². The zero-order valence-corrected chi connectivity index (χ0v) is 7.72. The molecule has 2 rings (SSSR count). The number of aliphatic hydroxyl groups excluding tert-OH is 2. The Labute approximate surface area is 81.4 Å². The molecule has 0 bridgehead atoms. The summed E-state index contributed by atoms with van der Waals surface area (Å²) >= 11 is 0. The first kappa shape index (κ1) is 9.18. The fraction of sp³-hybridized carbons (Fsp3) is 0.300. The second-order valence-electron chi connectivity index (χ2n) is 3.06. The number of aliphatic hydroxyl groups is 2. The van der Waals surface area contributed by atoms with Crippen LogP contribution in [0.4, 0.5) is 0 Å². The van der Waals surface area contributed by atoms with E-state index in [1.165, 1.54) is 0 Å². The maximum Gasteiger partial charge on any atom is 0.121 e. The normalized spacial score (nSPS) is 11.0. The highest BCUT2D eigenvalue weighted by Crippen LogP contribution is 2.15. The Balaban J connectivity index is 2.60. The van der Waals surface area contributed by atoms with Crippen LogP contribution in [0.2, 0.25) is 0 Å². The van der Waals surface area contributed by atoms with Gasteiger partial charge in [-0.15, -0.1) is 0 Å². The molecule has 1 heterocycles. The summed E-state index contributed by atoms with van der Waals surface area (Å²) in [4.78, 5) is 4.32. The molecular formula is C10H12N2O2. The van der Waals surface area contributed by atoms with Gasteiger partial charge in [-0.1, -0.05) is 12.1 Å². The van der Waals surface area contributed by atoms with Crippen molar-refractivity contribution in [3.8, 4) is 0 Å². The van der Waals surface area contributed by atoms with E-state index in [4.69, 9.17) is 5.11 Å². The minimum Gasteiger partial charge on any atom is -0.396 e. The molecule has 74 valence electrons. The number of fused-ring (bicyclic) bond motifs is 1. The van der Waals surface area contributed by atoms with Crippen LogP contribution in [0.25, 0.3) is 11.0 Å². The molecule has 1 aromatic carbocycles. The summed E-state index contributed by atoms with van der Waals surface area (Å²) in [5.74, 6) is 0.719. The Hall–Kier alpha value is -1.39. The van der Waals surface area contributed by atoms with Gasteiger partial charge in [0.25, 0.3) is 0 Å². The third-order valence-corrected chi connectivity index (χ3v) is 2.21. The molecule has 0 fully saturated rings. The fourth-order valence-corrected chi connectivity index (χ4v) is 1.57. The van der Waals surface area contributed by atoms with E-state index >= 15 is 0 Å². The monoisotopic (exact) mass is 192 g/mol. The van der Waals surface area contributed by atoms with Crippen LogP contribution in [0.15, 0.2) is 24.3 Å². The number of nitrogens with zero attached hydrogens (tertiary/aromatic N) is 2. The van der Waals surface area contributed by atoms with Crippen LogP contribution < -0.4 is 0 Å². The van der Waals surface area contributed by atoms with E-state index in [2.05, 4.69) is 4.98 Å². The molecular weight excluding hydrogens is 180 g/mol. The van der Waals surface area contributed by atoms with Crippen molar-refractivity contribution < 1.29 is 10.2 Å². The zero-order valence-electron chi connectivity index (χ0n) is 7.72. The van der Waals surface area contributed by atoms with Gasteiger partial charge < -0.3 is 14.8 Å².